The summed E-state index contributed by atoms with van der Waals surface area (Å²) in [6, 6.07) is 5.70. The topological polar surface area (TPSA) is 63.4 Å². The summed E-state index contributed by atoms with van der Waals surface area (Å²) in [5, 5.41) is 3.17. The molecule has 0 aliphatic heterocycles. The predicted octanol–water partition coefficient (Wildman–Crippen LogP) is 5.51. The normalized spacial score (nSPS) is 20.8. The number of methoxy groups -OCH3 is 2. The molecule has 4 rings (SSSR count). The van der Waals surface area contributed by atoms with E-state index < -0.39 is 0 Å². The molecule has 0 atom stereocenters. The minimum Gasteiger partial charge on any atom is -0.493 e. The van der Waals surface area contributed by atoms with Crippen molar-refractivity contribution in [3.05, 3.63) is 60.0 Å². The van der Waals surface area contributed by atoms with Crippen LogP contribution in [0.1, 0.15) is 48.9 Å². The Bertz CT molecular complexity index is 965. The number of rotatable bonds is 7. The highest BCUT2D eigenvalue weighted by molar-refractivity contribution is 6.01. The molecule has 2 N–H and O–H groups in total. The van der Waals surface area contributed by atoms with Crippen molar-refractivity contribution in [1.29, 1.82) is 0 Å². The average Bonchev–Trinajstić information content (AvgIpc) is 3.32. The molecule has 0 spiro atoms. The van der Waals surface area contributed by atoms with Crippen LogP contribution in [0.3, 0.4) is 0 Å². The molecule has 31 heavy (non-hydrogen) atoms. The Balaban J connectivity index is 1.38. The Morgan fingerprint density at radius 1 is 1.06 bits per heavy atom. The van der Waals surface area contributed by atoms with Gasteiger partial charge in [-0.3, -0.25) is 4.79 Å². The smallest absolute Gasteiger partial charge is 0.253 e. The second-order valence-electron chi connectivity index (χ2n) is 8.44. The Hall–Kier alpha value is -2.95. The molecule has 0 unspecified atom stereocenters. The van der Waals surface area contributed by atoms with Crippen LogP contribution in [0.2, 0.25) is 0 Å². The number of nitrogens with one attached hydrogen (secondary N) is 2. The Labute approximate surface area is 184 Å². The number of hydrogen-bond donors (Lipinski definition) is 2. The van der Waals surface area contributed by atoms with Gasteiger partial charge in [0, 0.05) is 30.1 Å². The highest BCUT2D eigenvalue weighted by atomic mass is 16.5. The molecule has 164 valence electrons. The Morgan fingerprint density at radius 3 is 2.61 bits per heavy atom. The predicted molar refractivity (Wildman–Crippen MR) is 124 cm³/mol. The molecular weight excluding hydrogens is 388 g/mol. The first-order chi connectivity index (χ1) is 15.2. The van der Waals surface area contributed by atoms with Gasteiger partial charge in [-0.2, -0.15) is 0 Å². The van der Waals surface area contributed by atoms with E-state index >= 15 is 0 Å². The van der Waals surface area contributed by atoms with Crippen molar-refractivity contribution < 1.29 is 14.3 Å². The van der Waals surface area contributed by atoms with Gasteiger partial charge in [0.05, 0.1) is 19.8 Å². The summed E-state index contributed by atoms with van der Waals surface area (Å²) in [6.45, 7) is 0.723. The van der Waals surface area contributed by atoms with E-state index in [0.717, 1.165) is 17.7 Å². The van der Waals surface area contributed by atoms with E-state index in [1.807, 2.05) is 24.4 Å². The van der Waals surface area contributed by atoms with Gasteiger partial charge in [-0.1, -0.05) is 30.4 Å². The maximum atomic E-state index is 13.0. The van der Waals surface area contributed by atoms with Crippen molar-refractivity contribution in [2.75, 3.05) is 20.8 Å². The fourth-order valence-corrected chi connectivity index (χ4v) is 4.84. The van der Waals surface area contributed by atoms with Gasteiger partial charge < -0.3 is 19.8 Å². The van der Waals surface area contributed by atoms with Gasteiger partial charge in [0.2, 0.25) is 0 Å². The first kappa shape index (κ1) is 21.3. The highest BCUT2D eigenvalue weighted by Gasteiger charge is 2.25. The number of carbonyl (C=O) groups is 1. The molecule has 0 radical (unpaired) electrons. The first-order valence-corrected chi connectivity index (χ1v) is 11.2. The van der Waals surface area contributed by atoms with Crippen molar-refractivity contribution in [2.45, 2.75) is 38.5 Å². The number of aromatic nitrogens is 1. The molecule has 0 bridgehead atoms. The van der Waals surface area contributed by atoms with Crippen molar-refractivity contribution >= 4 is 5.91 Å². The highest BCUT2D eigenvalue weighted by Crippen LogP contribution is 2.39. The molecule has 2 aliphatic rings. The molecule has 0 saturated heterocycles. The number of benzene rings is 1. The number of allylic oxidation sites excluding steroid dienone is 4. The number of amides is 1. The Kier molecular flexibility index (Phi) is 6.80. The van der Waals surface area contributed by atoms with E-state index in [1.54, 1.807) is 20.4 Å². The lowest BCUT2D eigenvalue weighted by Gasteiger charge is -2.30. The van der Waals surface area contributed by atoms with E-state index in [1.165, 1.54) is 44.1 Å². The van der Waals surface area contributed by atoms with Gasteiger partial charge in [0.15, 0.2) is 11.5 Å². The van der Waals surface area contributed by atoms with E-state index in [-0.39, 0.29) is 5.91 Å². The van der Waals surface area contributed by atoms with Crippen LogP contribution in [0.25, 0.3) is 11.1 Å². The summed E-state index contributed by atoms with van der Waals surface area (Å²) >= 11 is 0. The summed E-state index contributed by atoms with van der Waals surface area (Å²) in [4.78, 5) is 16.1. The average molecular weight is 421 g/mol. The van der Waals surface area contributed by atoms with Crippen LogP contribution in [0.15, 0.2) is 54.4 Å². The lowest BCUT2D eigenvalue weighted by molar-refractivity contribution is 0.0943. The molecule has 2 aromatic rings. The van der Waals surface area contributed by atoms with E-state index in [4.69, 9.17) is 9.47 Å². The molecule has 5 heteroatoms. The van der Waals surface area contributed by atoms with Crippen LogP contribution in [-0.4, -0.2) is 31.7 Å². The maximum Gasteiger partial charge on any atom is 0.253 e. The number of carbonyl (C=O) groups excluding carboxylic acids is 1. The SMILES string of the molecule is COc1cccc(-c2c[nH]cc2C(=O)NCC2CCC(C3=CCCC=C3)CC2)c1OC. The fourth-order valence-electron chi connectivity index (χ4n) is 4.84. The largest absolute Gasteiger partial charge is 0.493 e. The molecule has 5 nitrogen and oxygen atoms in total. The van der Waals surface area contributed by atoms with Crippen LogP contribution in [0, 0.1) is 11.8 Å². The van der Waals surface area contributed by atoms with Gasteiger partial charge in [-0.25, -0.2) is 0 Å². The van der Waals surface area contributed by atoms with E-state index in [9.17, 15) is 4.79 Å². The number of para-hydroxylation sites is 1. The molecule has 1 saturated carbocycles. The zero-order valence-electron chi connectivity index (χ0n) is 18.4. The third-order valence-electron chi connectivity index (χ3n) is 6.58. The van der Waals surface area contributed by atoms with Crippen LogP contribution in [-0.2, 0) is 0 Å². The number of aromatic amines is 1. The second kappa shape index (κ2) is 9.90. The second-order valence-corrected chi connectivity index (χ2v) is 8.44. The minimum atomic E-state index is -0.0545. The van der Waals surface area contributed by atoms with E-state index in [0.29, 0.717) is 28.9 Å². The summed E-state index contributed by atoms with van der Waals surface area (Å²) in [5.74, 6) is 2.46. The fraction of sp³-hybridized carbons (Fsp3) is 0.423. The van der Waals surface area contributed by atoms with Crippen molar-refractivity contribution in [3.8, 4) is 22.6 Å². The van der Waals surface area contributed by atoms with Crippen LogP contribution in [0.4, 0.5) is 0 Å². The van der Waals surface area contributed by atoms with Crippen LogP contribution < -0.4 is 14.8 Å². The zero-order valence-corrected chi connectivity index (χ0v) is 18.4. The van der Waals surface area contributed by atoms with Gasteiger partial charge in [0.1, 0.15) is 0 Å². The van der Waals surface area contributed by atoms with Crippen molar-refractivity contribution in [2.24, 2.45) is 11.8 Å². The zero-order chi connectivity index (χ0) is 21.6. The lowest BCUT2D eigenvalue weighted by Crippen LogP contribution is -2.31. The molecular formula is C26H32N2O3. The minimum absolute atomic E-state index is 0.0545. The molecule has 1 amide bonds. The molecule has 1 fully saturated rings. The van der Waals surface area contributed by atoms with Gasteiger partial charge in [-0.05, 0) is 62.0 Å². The lowest BCUT2D eigenvalue weighted by atomic mass is 9.77. The first-order valence-electron chi connectivity index (χ1n) is 11.2. The summed E-state index contributed by atoms with van der Waals surface area (Å²) in [5.41, 5.74) is 3.80. The summed E-state index contributed by atoms with van der Waals surface area (Å²) < 4.78 is 11.0. The van der Waals surface area contributed by atoms with Crippen molar-refractivity contribution in [1.82, 2.24) is 10.3 Å². The quantitative estimate of drug-likeness (QED) is 0.621. The molecule has 1 aromatic carbocycles. The van der Waals surface area contributed by atoms with Gasteiger partial charge in [0.25, 0.3) is 5.91 Å². The third kappa shape index (κ3) is 4.71. The van der Waals surface area contributed by atoms with Crippen molar-refractivity contribution in [3.63, 3.8) is 0 Å². The standard InChI is InChI=1S/C26H32N2O3/c1-30-24-10-6-9-21(25(24)31-2)22-16-27-17-23(22)26(29)28-15-18-11-13-20(14-12-18)19-7-4-3-5-8-19/h4,6-10,16-18,20,27H,3,5,11-15H2,1-2H3,(H,28,29). The maximum absolute atomic E-state index is 13.0. The van der Waals surface area contributed by atoms with E-state index in [2.05, 4.69) is 28.5 Å². The molecule has 1 aromatic heterocycles. The summed E-state index contributed by atoms with van der Waals surface area (Å²) in [7, 11) is 3.23. The monoisotopic (exact) mass is 420 g/mol. The number of H-pyrrole nitrogens is 1. The Morgan fingerprint density at radius 2 is 1.90 bits per heavy atom. The van der Waals surface area contributed by atoms with Gasteiger partial charge >= 0.3 is 0 Å². The summed E-state index contributed by atoms with van der Waals surface area (Å²) in [6.07, 6.45) is 17.7. The van der Waals surface area contributed by atoms with Crippen LogP contribution >= 0.6 is 0 Å². The van der Waals surface area contributed by atoms with Gasteiger partial charge in [-0.15, -0.1) is 0 Å². The molecule has 1 heterocycles. The number of hydrogen-bond acceptors (Lipinski definition) is 3. The number of ether oxygens (including phenoxy) is 2. The van der Waals surface area contributed by atoms with Crippen LogP contribution in [0.5, 0.6) is 11.5 Å². The molecule has 2 aliphatic carbocycles. The third-order valence-corrected chi connectivity index (χ3v) is 6.58.